The van der Waals surface area contributed by atoms with E-state index in [-0.39, 0.29) is 5.91 Å². The van der Waals surface area contributed by atoms with Gasteiger partial charge in [0.2, 0.25) is 5.91 Å². The summed E-state index contributed by atoms with van der Waals surface area (Å²) < 4.78 is 11.0. The molecule has 22 heavy (non-hydrogen) atoms. The normalized spacial score (nSPS) is 18.0. The largest absolute Gasteiger partial charge is 0.486 e. The second-order valence-electron chi connectivity index (χ2n) is 6.07. The van der Waals surface area contributed by atoms with E-state index in [1.54, 1.807) is 12.1 Å². The van der Waals surface area contributed by atoms with Crippen LogP contribution >= 0.6 is 11.6 Å². The maximum atomic E-state index is 12.1. The monoisotopic (exact) mass is 323 g/mol. The van der Waals surface area contributed by atoms with E-state index in [2.05, 4.69) is 5.32 Å². The Bertz CT molecular complexity index is 541. The van der Waals surface area contributed by atoms with Crippen LogP contribution in [0.5, 0.6) is 11.5 Å². The first-order chi connectivity index (χ1) is 10.7. The SMILES string of the molecule is O=C(CCC1CCCCC1)Nc1cc2c(cc1Cl)OCCO2. The Hall–Kier alpha value is -1.42. The first kappa shape index (κ1) is 15.5. The highest BCUT2D eigenvalue weighted by atomic mass is 35.5. The van der Waals surface area contributed by atoms with Gasteiger partial charge in [0.25, 0.3) is 0 Å². The van der Waals surface area contributed by atoms with Crippen LogP contribution in [0.4, 0.5) is 5.69 Å². The molecule has 0 radical (unpaired) electrons. The van der Waals surface area contributed by atoms with Crippen molar-refractivity contribution in [2.75, 3.05) is 18.5 Å². The summed E-state index contributed by atoms with van der Waals surface area (Å²) in [5.41, 5.74) is 0.597. The van der Waals surface area contributed by atoms with Gasteiger partial charge in [0.1, 0.15) is 13.2 Å². The minimum absolute atomic E-state index is 0.0177. The fraction of sp³-hybridized carbons (Fsp3) is 0.588. The molecule has 120 valence electrons. The van der Waals surface area contributed by atoms with Crippen molar-refractivity contribution in [3.05, 3.63) is 17.2 Å². The molecule has 0 saturated heterocycles. The second kappa shape index (κ2) is 7.23. The number of fused-ring (bicyclic) bond motifs is 1. The quantitative estimate of drug-likeness (QED) is 0.892. The summed E-state index contributed by atoms with van der Waals surface area (Å²) in [6, 6.07) is 3.45. The highest BCUT2D eigenvalue weighted by Gasteiger charge is 2.18. The Labute approximate surface area is 136 Å². The number of hydrogen-bond acceptors (Lipinski definition) is 3. The van der Waals surface area contributed by atoms with Crippen molar-refractivity contribution >= 4 is 23.2 Å². The molecule has 1 fully saturated rings. The Morgan fingerprint density at radius 2 is 1.82 bits per heavy atom. The van der Waals surface area contributed by atoms with Crippen LogP contribution in [0.15, 0.2) is 12.1 Å². The summed E-state index contributed by atoms with van der Waals surface area (Å²) >= 11 is 6.20. The molecule has 1 aromatic rings. The number of carbonyl (C=O) groups excluding carboxylic acids is 1. The molecule has 0 unspecified atom stereocenters. The van der Waals surface area contributed by atoms with E-state index in [4.69, 9.17) is 21.1 Å². The predicted octanol–water partition coefficient (Wildman–Crippen LogP) is 4.41. The predicted molar refractivity (Wildman–Crippen MR) is 86.9 cm³/mol. The number of rotatable bonds is 4. The highest BCUT2D eigenvalue weighted by Crippen LogP contribution is 2.38. The molecule has 1 aliphatic carbocycles. The number of halogens is 1. The van der Waals surface area contributed by atoms with E-state index in [0.717, 1.165) is 6.42 Å². The molecular formula is C17H22ClNO3. The van der Waals surface area contributed by atoms with Crippen LogP contribution in [0.2, 0.25) is 5.02 Å². The zero-order valence-corrected chi connectivity index (χ0v) is 13.5. The summed E-state index contributed by atoms with van der Waals surface area (Å²) in [5, 5.41) is 3.38. The van der Waals surface area contributed by atoms with Gasteiger partial charge in [-0.3, -0.25) is 4.79 Å². The summed E-state index contributed by atoms with van der Waals surface area (Å²) in [6.07, 6.45) is 8.00. The maximum absolute atomic E-state index is 12.1. The van der Waals surface area contributed by atoms with E-state index in [1.165, 1.54) is 32.1 Å². The van der Waals surface area contributed by atoms with Crippen LogP contribution in [0.25, 0.3) is 0 Å². The number of benzene rings is 1. The molecule has 1 saturated carbocycles. The van der Waals surface area contributed by atoms with Crippen molar-refractivity contribution in [1.82, 2.24) is 0 Å². The van der Waals surface area contributed by atoms with Crippen molar-refractivity contribution in [3.8, 4) is 11.5 Å². The molecule has 4 nitrogen and oxygen atoms in total. The van der Waals surface area contributed by atoms with Crippen LogP contribution in [-0.4, -0.2) is 19.1 Å². The third kappa shape index (κ3) is 3.86. The molecule has 1 N–H and O–H groups in total. The van der Waals surface area contributed by atoms with Crippen LogP contribution in [-0.2, 0) is 4.79 Å². The molecular weight excluding hydrogens is 302 g/mol. The van der Waals surface area contributed by atoms with Crippen LogP contribution < -0.4 is 14.8 Å². The summed E-state index contributed by atoms with van der Waals surface area (Å²) in [7, 11) is 0. The van der Waals surface area contributed by atoms with Crippen LogP contribution in [0, 0.1) is 5.92 Å². The molecule has 0 aromatic heterocycles. The fourth-order valence-electron chi connectivity index (χ4n) is 3.18. The lowest BCUT2D eigenvalue weighted by molar-refractivity contribution is -0.116. The lowest BCUT2D eigenvalue weighted by Crippen LogP contribution is -2.17. The van der Waals surface area contributed by atoms with Gasteiger partial charge < -0.3 is 14.8 Å². The number of hydrogen-bond donors (Lipinski definition) is 1. The molecule has 0 bridgehead atoms. The fourth-order valence-corrected chi connectivity index (χ4v) is 3.38. The van der Waals surface area contributed by atoms with Crippen LogP contribution in [0.1, 0.15) is 44.9 Å². The first-order valence-electron chi connectivity index (χ1n) is 8.11. The molecule has 1 amide bonds. The third-order valence-electron chi connectivity index (χ3n) is 4.41. The van der Waals surface area contributed by atoms with Crippen molar-refractivity contribution in [2.24, 2.45) is 5.92 Å². The molecule has 3 rings (SSSR count). The Morgan fingerprint density at radius 3 is 2.55 bits per heavy atom. The van der Waals surface area contributed by atoms with Gasteiger partial charge in [-0.15, -0.1) is 0 Å². The zero-order valence-electron chi connectivity index (χ0n) is 12.7. The minimum atomic E-state index is 0.0177. The molecule has 0 atom stereocenters. The van der Waals surface area contributed by atoms with Gasteiger partial charge in [-0.25, -0.2) is 0 Å². The zero-order chi connectivity index (χ0) is 15.4. The molecule has 2 aliphatic rings. The number of amides is 1. The average Bonchev–Trinajstić information content (AvgIpc) is 2.55. The minimum Gasteiger partial charge on any atom is -0.486 e. The molecule has 0 spiro atoms. The molecule has 1 aliphatic heterocycles. The average molecular weight is 324 g/mol. The van der Waals surface area contributed by atoms with E-state index >= 15 is 0 Å². The summed E-state index contributed by atoms with van der Waals surface area (Å²) in [4.78, 5) is 12.1. The Balaban J connectivity index is 1.56. The van der Waals surface area contributed by atoms with E-state index < -0.39 is 0 Å². The number of nitrogens with one attached hydrogen (secondary N) is 1. The number of anilines is 1. The number of carbonyl (C=O) groups is 1. The van der Waals surface area contributed by atoms with Gasteiger partial charge in [-0.2, -0.15) is 0 Å². The van der Waals surface area contributed by atoms with Crippen molar-refractivity contribution < 1.29 is 14.3 Å². The molecule has 1 heterocycles. The van der Waals surface area contributed by atoms with E-state index in [9.17, 15) is 4.79 Å². The first-order valence-corrected chi connectivity index (χ1v) is 8.49. The molecule has 1 aromatic carbocycles. The van der Waals surface area contributed by atoms with E-state index in [1.807, 2.05) is 0 Å². The van der Waals surface area contributed by atoms with Gasteiger partial charge >= 0.3 is 0 Å². The smallest absolute Gasteiger partial charge is 0.224 e. The summed E-state index contributed by atoms with van der Waals surface area (Å²) in [5.74, 6) is 1.99. The van der Waals surface area contributed by atoms with Gasteiger partial charge in [0.05, 0.1) is 10.7 Å². The van der Waals surface area contributed by atoms with Gasteiger partial charge in [-0.05, 0) is 12.3 Å². The topological polar surface area (TPSA) is 47.6 Å². The van der Waals surface area contributed by atoms with Gasteiger partial charge in [-0.1, -0.05) is 43.7 Å². The lowest BCUT2D eigenvalue weighted by Gasteiger charge is -2.21. The van der Waals surface area contributed by atoms with E-state index in [0.29, 0.717) is 47.8 Å². The number of ether oxygens (including phenoxy) is 2. The van der Waals surface area contributed by atoms with Crippen molar-refractivity contribution in [3.63, 3.8) is 0 Å². The third-order valence-corrected chi connectivity index (χ3v) is 4.72. The Kier molecular flexibility index (Phi) is 5.08. The lowest BCUT2D eigenvalue weighted by atomic mass is 9.86. The van der Waals surface area contributed by atoms with Crippen molar-refractivity contribution in [1.29, 1.82) is 0 Å². The van der Waals surface area contributed by atoms with Gasteiger partial charge in [0.15, 0.2) is 11.5 Å². The molecule has 5 heteroatoms. The highest BCUT2D eigenvalue weighted by molar-refractivity contribution is 6.34. The van der Waals surface area contributed by atoms with Crippen LogP contribution in [0.3, 0.4) is 0 Å². The Morgan fingerprint density at radius 1 is 1.14 bits per heavy atom. The standard InChI is InChI=1S/C17H22ClNO3/c18-13-10-15-16(22-9-8-21-15)11-14(13)19-17(20)7-6-12-4-2-1-3-5-12/h10-12H,1-9H2,(H,19,20). The summed E-state index contributed by atoms with van der Waals surface area (Å²) in [6.45, 7) is 1.04. The second-order valence-corrected chi connectivity index (χ2v) is 6.47. The van der Waals surface area contributed by atoms with Crippen molar-refractivity contribution in [2.45, 2.75) is 44.9 Å². The van der Waals surface area contributed by atoms with Gasteiger partial charge in [0, 0.05) is 18.6 Å². The maximum Gasteiger partial charge on any atom is 0.224 e.